The van der Waals surface area contributed by atoms with Gasteiger partial charge in [0.1, 0.15) is 11.5 Å². The van der Waals surface area contributed by atoms with Crippen LogP contribution in [-0.4, -0.2) is 33.4 Å². The molecule has 0 bridgehead atoms. The number of aromatic amines is 1. The van der Waals surface area contributed by atoms with Crippen LogP contribution in [0.15, 0.2) is 30.3 Å². The molecule has 1 aromatic carbocycles. The number of fused-ring (bicyclic) bond motifs is 1. The highest BCUT2D eigenvalue weighted by atomic mass is 16.1. The Morgan fingerprint density at radius 2 is 1.89 bits per heavy atom. The van der Waals surface area contributed by atoms with E-state index in [2.05, 4.69) is 36.4 Å². The number of rotatable bonds is 6. The first-order chi connectivity index (χ1) is 12.9. The van der Waals surface area contributed by atoms with E-state index in [1.54, 1.807) is 6.92 Å². The van der Waals surface area contributed by atoms with Crippen molar-refractivity contribution in [3.05, 3.63) is 41.6 Å². The van der Waals surface area contributed by atoms with Gasteiger partial charge in [-0.3, -0.25) is 4.79 Å². The van der Waals surface area contributed by atoms with Crippen LogP contribution in [0.3, 0.4) is 0 Å². The smallest absolute Gasteiger partial charge is 0.217 e. The number of amides is 1. The van der Waals surface area contributed by atoms with E-state index in [0.29, 0.717) is 18.3 Å². The van der Waals surface area contributed by atoms with Crippen molar-refractivity contribution in [2.24, 2.45) is 5.92 Å². The number of H-pyrrole nitrogens is 1. The largest absolute Gasteiger partial charge is 0.367 e. The SMILES string of the molecule is CC(=O)NC(CNc1nc(-c2ccccc2)nc2[nH]c(C)c(C)c12)C(C)C.[HH]. The first kappa shape index (κ1) is 18.9. The van der Waals surface area contributed by atoms with Gasteiger partial charge in [0.25, 0.3) is 0 Å². The summed E-state index contributed by atoms with van der Waals surface area (Å²) in [6, 6.07) is 9.96. The molecule has 6 nitrogen and oxygen atoms in total. The second kappa shape index (κ2) is 7.78. The number of benzene rings is 1. The van der Waals surface area contributed by atoms with Gasteiger partial charge >= 0.3 is 0 Å². The third-order valence-electron chi connectivity index (χ3n) is 4.87. The Labute approximate surface area is 161 Å². The number of nitrogens with one attached hydrogen (secondary N) is 3. The molecule has 0 aliphatic rings. The Hall–Kier alpha value is -2.89. The van der Waals surface area contributed by atoms with Crippen LogP contribution in [0.25, 0.3) is 22.4 Å². The van der Waals surface area contributed by atoms with Crippen molar-refractivity contribution in [2.45, 2.75) is 40.7 Å². The van der Waals surface area contributed by atoms with Gasteiger partial charge < -0.3 is 15.6 Å². The van der Waals surface area contributed by atoms with Crippen molar-refractivity contribution in [1.82, 2.24) is 20.3 Å². The molecule has 0 saturated heterocycles. The van der Waals surface area contributed by atoms with Crippen LogP contribution in [0.2, 0.25) is 0 Å². The van der Waals surface area contributed by atoms with Crippen LogP contribution in [0.5, 0.6) is 0 Å². The normalized spacial score (nSPS) is 12.4. The predicted molar refractivity (Wildman–Crippen MR) is 112 cm³/mol. The van der Waals surface area contributed by atoms with Crippen LogP contribution >= 0.6 is 0 Å². The van der Waals surface area contributed by atoms with Crippen LogP contribution in [-0.2, 0) is 4.79 Å². The highest BCUT2D eigenvalue weighted by Gasteiger charge is 2.18. The monoisotopic (exact) mass is 367 g/mol. The fraction of sp³-hybridized carbons (Fsp3) is 0.381. The van der Waals surface area contributed by atoms with Gasteiger partial charge in [0.05, 0.1) is 5.39 Å². The van der Waals surface area contributed by atoms with Crippen molar-refractivity contribution >= 4 is 22.8 Å². The van der Waals surface area contributed by atoms with E-state index in [-0.39, 0.29) is 13.4 Å². The molecule has 27 heavy (non-hydrogen) atoms. The standard InChI is InChI=1S/C21H27N5O.H2/c1-12(2)17(24-15(5)27)11-22-20-18-13(3)14(4)23-21(18)26-19(25-20)16-9-7-6-8-10-16;/h6-10,12,17H,11H2,1-5H3,(H,24,27)(H2,22,23,25,26);1H. The fourth-order valence-electron chi connectivity index (χ4n) is 3.13. The molecule has 0 saturated carbocycles. The number of hydrogen-bond acceptors (Lipinski definition) is 4. The summed E-state index contributed by atoms with van der Waals surface area (Å²) in [4.78, 5) is 24.4. The lowest BCUT2D eigenvalue weighted by Crippen LogP contribution is -2.42. The molecule has 2 heterocycles. The van der Waals surface area contributed by atoms with E-state index in [1.807, 2.05) is 37.3 Å². The number of nitrogens with zero attached hydrogens (tertiary/aromatic N) is 2. The molecular weight excluding hydrogens is 338 g/mol. The van der Waals surface area contributed by atoms with Gasteiger partial charge in [-0.15, -0.1) is 0 Å². The summed E-state index contributed by atoms with van der Waals surface area (Å²) in [5, 5.41) is 7.46. The molecule has 0 aliphatic heterocycles. The molecule has 0 spiro atoms. The molecule has 0 aliphatic carbocycles. The van der Waals surface area contributed by atoms with Crippen molar-refractivity contribution in [3.8, 4) is 11.4 Å². The molecule has 3 rings (SSSR count). The van der Waals surface area contributed by atoms with Crippen LogP contribution in [0, 0.1) is 19.8 Å². The summed E-state index contributed by atoms with van der Waals surface area (Å²) in [6.45, 7) is 10.4. The third-order valence-corrected chi connectivity index (χ3v) is 4.87. The van der Waals surface area contributed by atoms with Crippen molar-refractivity contribution < 1.29 is 6.22 Å². The van der Waals surface area contributed by atoms with E-state index in [1.165, 1.54) is 0 Å². The zero-order valence-electron chi connectivity index (χ0n) is 16.6. The number of anilines is 1. The minimum atomic E-state index is -0.0259. The molecule has 1 unspecified atom stereocenters. The lowest BCUT2D eigenvalue weighted by atomic mass is 10.0. The molecule has 3 N–H and O–H groups in total. The zero-order chi connectivity index (χ0) is 19.6. The molecular formula is C21H29N5O. The van der Waals surface area contributed by atoms with Gasteiger partial charge in [0, 0.05) is 32.2 Å². The number of carbonyl (C=O) groups excluding carboxylic acids is 1. The van der Waals surface area contributed by atoms with E-state index in [4.69, 9.17) is 9.97 Å². The highest BCUT2D eigenvalue weighted by Crippen LogP contribution is 2.29. The Bertz CT molecular complexity index is 952. The summed E-state index contributed by atoms with van der Waals surface area (Å²) < 4.78 is 0. The molecule has 1 amide bonds. The quantitative estimate of drug-likeness (QED) is 0.613. The maximum absolute atomic E-state index is 11.5. The number of aromatic nitrogens is 3. The van der Waals surface area contributed by atoms with Gasteiger partial charge in [-0.2, -0.15) is 0 Å². The van der Waals surface area contributed by atoms with Crippen molar-refractivity contribution in [1.29, 1.82) is 0 Å². The molecule has 2 aromatic heterocycles. The van der Waals surface area contributed by atoms with Gasteiger partial charge in [0.15, 0.2) is 5.82 Å². The van der Waals surface area contributed by atoms with Crippen LogP contribution in [0.4, 0.5) is 5.82 Å². The molecule has 0 fully saturated rings. The Morgan fingerprint density at radius 1 is 1.19 bits per heavy atom. The average Bonchev–Trinajstić information content (AvgIpc) is 2.92. The Morgan fingerprint density at radius 3 is 2.52 bits per heavy atom. The lowest BCUT2D eigenvalue weighted by Gasteiger charge is -2.22. The van der Waals surface area contributed by atoms with Crippen LogP contribution < -0.4 is 10.6 Å². The second-order valence-electron chi connectivity index (χ2n) is 7.29. The van der Waals surface area contributed by atoms with Gasteiger partial charge in [-0.25, -0.2) is 9.97 Å². The van der Waals surface area contributed by atoms with Gasteiger partial charge in [0.2, 0.25) is 5.91 Å². The lowest BCUT2D eigenvalue weighted by molar-refractivity contribution is -0.119. The van der Waals surface area contributed by atoms with E-state index >= 15 is 0 Å². The summed E-state index contributed by atoms with van der Waals surface area (Å²) in [7, 11) is 0. The minimum absolute atomic E-state index is 0. The molecule has 0 radical (unpaired) electrons. The number of hydrogen-bond donors (Lipinski definition) is 3. The zero-order valence-corrected chi connectivity index (χ0v) is 16.6. The summed E-state index contributed by atoms with van der Waals surface area (Å²) in [5.41, 5.74) is 4.00. The van der Waals surface area contributed by atoms with Crippen molar-refractivity contribution in [2.75, 3.05) is 11.9 Å². The Kier molecular flexibility index (Phi) is 5.44. The maximum Gasteiger partial charge on any atom is 0.217 e. The number of carbonyl (C=O) groups is 1. The van der Waals surface area contributed by atoms with Crippen LogP contribution in [0.1, 0.15) is 33.5 Å². The summed E-state index contributed by atoms with van der Waals surface area (Å²) in [5.74, 6) is 1.74. The first-order valence-corrected chi connectivity index (χ1v) is 9.30. The molecule has 144 valence electrons. The van der Waals surface area contributed by atoms with Gasteiger partial charge in [-0.05, 0) is 25.3 Å². The second-order valence-corrected chi connectivity index (χ2v) is 7.29. The summed E-state index contributed by atoms with van der Waals surface area (Å²) >= 11 is 0. The van der Waals surface area contributed by atoms with E-state index in [9.17, 15) is 4.79 Å². The van der Waals surface area contributed by atoms with Gasteiger partial charge in [-0.1, -0.05) is 44.2 Å². The topological polar surface area (TPSA) is 82.7 Å². The third kappa shape index (κ3) is 4.10. The molecule has 6 heteroatoms. The van der Waals surface area contributed by atoms with Crippen molar-refractivity contribution in [3.63, 3.8) is 0 Å². The number of aryl methyl sites for hydroxylation is 2. The fourth-order valence-corrected chi connectivity index (χ4v) is 3.13. The van der Waals surface area contributed by atoms with E-state index in [0.717, 1.165) is 33.7 Å². The predicted octanol–water partition coefficient (Wildman–Crippen LogP) is 4.06. The highest BCUT2D eigenvalue weighted by molar-refractivity contribution is 5.92. The minimum Gasteiger partial charge on any atom is -0.367 e. The Balaban J connectivity index is 0.00000280. The van der Waals surface area contributed by atoms with E-state index < -0.39 is 0 Å². The maximum atomic E-state index is 11.5. The molecule has 1 atom stereocenters. The molecule has 3 aromatic rings. The first-order valence-electron chi connectivity index (χ1n) is 9.30. The average molecular weight is 367 g/mol. The summed E-state index contributed by atoms with van der Waals surface area (Å²) in [6.07, 6.45) is 0.